The summed E-state index contributed by atoms with van der Waals surface area (Å²) < 4.78 is 2.04. The Labute approximate surface area is 193 Å². The SMILES string of the molecule is CNC(=O)c1ccc(NC(=O)CSc2nnc(-c3cccs3)n2Cc2ccccc2)cc1. The zero-order valence-electron chi connectivity index (χ0n) is 17.3. The highest BCUT2D eigenvalue weighted by Gasteiger charge is 2.17. The van der Waals surface area contributed by atoms with Crippen LogP contribution in [0.4, 0.5) is 5.69 Å². The van der Waals surface area contributed by atoms with Crippen molar-refractivity contribution in [3.63, 3.8) is 0 Å². The fraction of sp³-hybridized carbons (Fsp3) is 0.130. The zero-order valence-corrected chi connectivity index (χ0v) is 19.0. The van der Waals surface area contributed by atoms with E-state index in [2.05, 4.69) is 33.0 Å². The largest absolute Gasteiger partial charge is 0.355 e. The number of carbonyl (C=O) groups excluding carboxylic acids is 2. The molecule has 0 aliphatic heterocycles. The van der Waals surface area contributed by atoms with E-state index in [1.807, 2.05) is 40.3 Å². The van der Waals surface area contributed by atoms with Crippen molar-refractivity contribution in [2.24, 2.45) is 0 Å². The first kappa shape index (κ1) is 21.8. The lowest BCUT2D eigenvalue weighted by Crippen LogP contribution is -2.18. The van der Waals surface area contributed by atoms with Gasteiger partial charge < -0.3 is 10.6 Å². The average Bonchev–Trinajstić information content (AvgIpc) is 3.48. The molecule has 0 unspecified atom stereocenters. The van der Waals surface area contributed by atoms with Gasteiger partial charge in [-0.05, 0) is 41.3 Å². The number of hydrogen-bond acceptors (Lipinski definition) is 6. The minimum absolute atomic E-state index is 0.158. The predicted molar refractivity (Wildman–Crippen MR) is 128 cm³/mol. The van der Waals surface area contributed by atoms with Crippen LogP contribution in [0.2, 0.25) is 0 Å². The number of benzene rings is 2. The highest BCUT2D eigenvalue weighted by atomic mass is 32.2. The quantitative estimate of drug-likeness (QED) is 0.383. The van der Waals surface area contributed by atoms with Crippen LogP contribution in [0.1, 0.15) is 15.9 Å². The molecule has 7 nitrogen and oxygen atoms in total. The average molecular weight is 464 g/mol. The second-order valence-electron chi connectivity index (χ2n) is 6.85. The van der Waals surface area contributed by atoms with Gasteiger partial charge in [0.25, 0.3) is 5.91 Å². The first-order chi connectivity index (χ1) is 15.6. The van der Waals surface area contributed by atoms with Gasteiger partial charge in [-0.25, -0.2) is 0 Å². The van der Waals surface area contributed by atoms with Crippen molar-refractivity contribution in [1.82, 2.24) is 20.1 Å². The highest BCUT2D eigenvalue weighted by molar-refractivity contribution is 7.99. The maximum absolute atomic E-state index is 12.5. The summed E-state index contributed by atoms with van der Waals surface area (Å²) >= 11 is 2.95. The maximum Gasteiger partial charge on any atom is 0.251 e. The number of nitrogens with one attached hydrogen (secondary N) is 2. The fourth-order valence-corrected chi connectivity index (χ4v) is 4.52. The summed E-state index contributed by atoms with van der Waals surface area (Å²) in [5.41, 5.74) is 2.30. The number of amides is 2. The maximum atomic E-state index is 12.5. The van der Waals surface area contributed by atoms with E-state index in [4.69, 9.17) is 0 Å². The number of nitrogens with zero attached hydrogens (tertiary/aromatic N) is 3. The Kier molecular flexibility index (Phi) is 6.98. The van der Waals surface area contributed by atoms with E-state index in [1.54, 1.807) is 42.6 Å². The molecule has 0 fully saturated rings. The second-order valence-corrected chi connectivity index (χ2v) is 8.74. The Balaban J connectivity index is 1.45. The smallest absolute Gasteiger partial charge is 0.251 e. The molecule has 0 aliphatic carbocycles. The molecule has 0 spiro atoms. The molecule has 2 aromatic heterocycles. The number of aromatic nitrogens is 3. The third-order valence-corrected chi connectivity index (χ3v) is 6.46. The van der Waals surface area contributed by atoms with E-state index < -0.39 is 0 Å². The molecule has 9 heteroatoms. The molecule has 4 aromatic rings. The lowest BCUT2D eigenvalue weighted by Gasteiger charge is -2.10. The van der Waals surface area contributed by atoms with Crippen molar-refractivity contribution < 1.29 is 9.59 Å². The summed E-state index contributed by atoms with van der Waals surface area (Å²) in [5, 5.41) is 16.8. The molecule has 2 N–H and O–H groups in total. The summed E-state index contributed by atoms with van der Waals surface area (Å²) in [4.78, 5) is 25.2. The molecule has 0 radical (unpaired) electrons. The van der Waals surface area contributed by atoms with Crippen molar-refractivity contribution in [1.29, 1.82) is 0 Å². The monoisotopic (exact) mass is 463 g/mol. The number of thiophene rings is 1. The summed E-state index contributed by atoms with van der Waals surface area (Å²) in [5.74, 6) is 0.651. The van der Waals surface area contributed by atoms with Crippen LogP contribution in [0.15, 0.2) is 77.3 Å². The van der Waals surface area contributed by atoms with Gasteiger partial charge in [0, 0.05) is 18.3 Å². The standard InChI is InChI=1S/C23H21N5O2S2/c1-24-22(30)17-9-11-18(12-10-17)25-20(29)15-32-23-27-26-21(19-8-5-13-31-19)28(23)14-16-6-3-2-4-7-16/h2-13H,14-15H2,1H3,(H,24,30)(H,25,29). The van der Waals surface area contributed by atoms with Crippen LogP contribution in [0.3, 0.4) is 0 Å². The zero-order chi connectivity index (χ0) is 22.3. The third kappa shape index (κ3) is 5.24. The van der Waals surface area contributed by atoms with Gasteiger partial charge in [0.2, 0.25) is 5.91 Å². The molecule has 2 amide bonds. The molecule has 0 aliphatic rings. The molecule has 0 saturated carbocycles. The van der Waals surface area contributed by atoms with Crippen molar-refractivity contribution in [3.8, 4) is 10.7 Å². The van der Waals surface area contributed by atoms with Crippen LogP contribution in [0.5, 0.6) is 0 Å². The van der Waals surface area contributed by atoms with Crippen LogP contribution in [0.25, 0.3) is 10.7 Å². The molecular weight excluding hydrogens is 442 g/mol. The van der Waals surface area contributed by atoms with E-state index >= 15 is 0 Å². The minimum atomic E-state index is -0.169. The molecule has 4 rings (SSSR count). The van der Waals surface area contributed by atoms with Gasteiger partial charge in [0.1, 0.15) is 0 Å². The van der Waals surface area contributed by atoms with Crippen LogP contribution < -0.4 is 10.6 Å². The van der Waals surface area contributed by atoms with Gasteiger partial charge in [-0.15, -0.1) is 21.5 Å². The van der Waals surface area contributed by atoms with Crippen LogP contribution in [-0.4, -0.2) is 39.4 Å². The minimum Gasteiger partial charge on any atom is -0.355 e. The molecule has 0 atom stereocenters. The van der Waals surface area contributed by atoms with E-state index in [1.165, 1.54) is 11.8 Å². The Morgan fingerprint density at radius 3 is 2.47 bits per heavy atom. The third-order valence-electron chi connectivity index (χ3n) is 4.63. The van der Waals surface area contributed by atoms with Crippen LogP contribution in [0, 0.1) is 0 Å². The Morgan fingerprint density at radius 2 is 1.78 bits per heavy atom. The first-order valence-corrected chi connectivity index (χ1v) is 11.8. The molecule has 2 aromatic carbocycles. The summed E-state index contributed by atoms with van der Waals surface area (Å²) in [7, 11) is 1.58. The first-order valence-electron chi connectivity index (χ1n) is 9.90. The van der Waals surface area contributed by atoms with Gasteiger partial charge in [-0.1, -0.05) is 48.2 Å². The number of anilines is 1. The van der Waals surface area contributed by atoms with Crippen LogP contribution in [-0.2, 0) is 11.3 Å². The van der Waals surface area contributed by atoms with Crippen molar-refractivity contribution in [2.45, 2.75) is 11.7 Å². The number of carbonyl (C=O) groups is 2. The van der Waals surface area contributed by atoms with Crippen molar-refractivity contribution in [2.75, 3.05) is 18.1 Å². The second kappa shape index (κ2) is 10.3. The van der Waals surface area contributed by atoms with E-state index in [0.29, 0.717) is 23.0 Å². The van der Waals surface area contributed by atoms with Crippen molar-refractivity contribution in [3.05, 3.63) is 83.2 Å². The molecule has 0 bridgehead atoms. The molecular formula is C23H21N5O2S2. The predicted octanol–water partition coefficient (Wildman–Crippen LogP) is 4.15. The molecule has 162 valence electrons. The highest BCUT2D eigenvalue weighted by Crippen LogP contribution is 2.28. The summed E-state index contributed by atoms with van der Waals surface area (Å²) in [6.07, 6.45) is 0. The van der Waals surface area contributed by atoms with Crippen LogP contribution >= 0.6 is 23.1 Å². The Morgan fingerprint density at radius 1 is 1.00 bits per heavy atom. The summed E-state index contributed by atoms with van der Waals surface area (Å²) in [6, 6.07) is 20.9. The molecule has 0 saturated heterocycles. The van der Waals surface area contributed by atoms with Gasteiger partial charge in [-0.2, -0.15) is 0 Å². The number of hydrogen-bond donors (Lipinski definition) is 2. The van der Waals surface area contributed by atoms with E-state index in [0.717, 1.165) is 16.3 Å². The van der Waals surface area contributed by atoms with Crippen molar-refractivity contribution >= 4 is 40.6 Å². The lowest BCUT2D eigenvalue weighted by molar-refractivity contribution is -0.113. The number of thioether (sulfide) groups is 1. The Hall–Kier alpha value is -3.43. The van der Waals surface area contributed by atoms with Gasteiger partial charge in [0.15, 0.2) is 11.0 Å². The van der Waals surface area contributed by atoms with Gasteiger partial charge in [-0.3, -0.25) is 14.2 Å². The normalized spacial score (nSPS) is 10.7. The Bertz CT molecular complexity index is 1190. The summed E-state index contributed by atoms with van der Waals surface area (Å²) in [6.45, 7) is 0.617. The van der Waals surface area contributed by atoms with Gasteiger partial charge in [0.05, 0.1) is 17.2 Å². The topological polar surface area (TPSA) is 88.9 Å². The van der Waals surface area contributed by atoms with E-state index in [9.17, 15) is 9.59 Å². The number of rotatable bonds is 8. The fourth-order valence-electron chi connectivity index (χ4n) is 3.07. The molecule has 2 heterocycles. The lowest BCUT2D eigenvalue weighted by atomic mass is 10.2. The molecule has 32 heavy (non-hydrogen) atoms. The van der Waals surface area contributed by atoms with E-state index in [-0.39, 0.29) is 17.6 Å². The van der Waals surface area contributed by atoms with Gasteiger partial charge >= 0.3 is 0 Å².